The molecule has 0 saturated carbocycles. The van der Waals surface area contributed by atoms with E-state index in [1.165, 1.54) is 0 Å². The van der Waals surface area contributed by atoms with Crippen LogP contribution in [0, 0.1) is 10.1 Å². The molecule has 3 aromatic carbocycles. The zero-order valence-corrected chi connectivity index (χ0v) is 16.5. The molecule has 0 aromatic heterocycles. The van der Waals surface area contributed by atoms with Gasteiger partial charge in [0, 0.05) is 11.8 Å². The third kappa shape index (κ3) is 6.06. The van der Waals surface area contributed by atoms with E-state index in [-0.39, 0.29) is 10.8 Å². The van der Waals surface area contributed by atoms with Gasteiger partial charge in [0.1, 0.15) is 17.2 Å². The lowest BCUT2D eigenvalue weighted by molar-refractivity contribution is -0.384. The fraction of sp³-hybridized carbons (Fsp3) is 0.0500. The van der Waals surface area contributed by atoms with Crippen LogP contribution in [0.25, 0.3) is 0 Å². The van der Waals surface area contributed by atoms with Gasteiger partial charge in [-0.3, -0.25) is 21.0 Å². The van der Waals surface area contributed by atoms with Gasteiger partial charge in [-0.2, -0.15) is 13.2 Å². The number of nitrogens with one attached hydrogen (secondary N) is 3. The molecule has 160 valence electrons. The zero-order chi connectivity index (χ0) is 22.4. The second-order valence-electron chi connectivity index (χ2n) is 6.13. The highest BCUT2D eigenvalue weighted by atomic mass is 32.1. The molecule has 0 radical (unpaired) electrons. The first-order chi connectivity index (χ1) is 14.7. The van der Waals surface area contributed by atoms with Crippen LogP contribution in [0.5, 0.6) is 11.5 Å². The quantitative estimate of drug-likeness (QED) is 0.253. The Morgan fingerprint density at radius 2 is 1.61 bits per heavy atom. The van der Waals surface area contributed by atoms with Crippen molar-refractivity contribution in [1.29, 1.82) is 0 Å². The average molecular weight is 448 g/mol. The van der Waals surface area contributed by atoms with Gasteiger partial charge < -0.3 is 10.1 Å². The van der Waals surface area contributed by atoms with Gasteiger partial charge in [0.25, 0.3) is 5.69 Å². The molecule has 0 bridgehead atoms. The molecular weight excluding hydrogens is 433 g/mol. The van der Waals surface area contributed by atoms with Gasteiger partial charge in [0.05, 0.1) is 10.5 Å². The van der Waals surface area contributed by atoms with E-state index in [2.05, 4.69) is 16.2 Å². The number of hydrogen-bond donors (Lipinski definition) is 3. The van der Waals surface area contributed by atoms with Gasteiger partial charge in [-0.05, 0) is 60.7 Å². The van der Waals surface area contributed by atoms with Crippen molar-refractivity contribution in [2.24, 2.45) is 0 Å². The Bertz CT molecular complexity index is 1080. The van der Waals surface area contributed by atoms with Crippen LogP contribution in [0.3, 0.4) is 0 Å². The Labute approximate surface area is 180 Å². The molecule has 0 aliphatic carbocycles. The molecule has 0 amide bonds. The van der Waals surface area contributed by atoms with Crippen LogP contribution in [-0.2, 0) is 6.18 Å². The minimum absolute atomic E-state index is 0.0472. The van der Waals surface area contributed by atoms with Gasteiger partial charge in [-0.15, -0.1) is 0 Å². The van der Waals surface area contributed by atoms with Crippen molar-refractivity contribution in [1.82, 2.24) is 5.43 Å². The maximum atomic E-state index is 12.8. The van der Waals surface area contributed by atoms with Gasteiger partial charge in [-0.1, -0.05) is 18.2 Å². The molecule has 0 aliphatic heterocycles. The first-order valence-corrected chi connectivity index (χ1v) is 9.15. The molecule has 7 nitrogen and oxygen atoms in total. The molecule has 0 aliphatic rings. The van der Waals surface area contributed by atoms with E-state index in [0.717, 1.165) is 12.1 Å². The van der Waals surface area contributed by atoms with Crippen molar-refractivity contribution < 1.29 is 22.8 Å². The van der Waals surface area contributed by atoms with Crippen LogP contribution in [-0.4, -0.2) is 10.0 Å². The lowest BCUT2D eigenvalue weighted by Gasteiger charge is -2.14. The van der Waals surface area contributed by atoms with Crippen LogP contribution in [0.4, 0.5) is 30.2 Å². The van der Waals surface area contributed by atoms with E-state index in [1.54, 1.807) is 24.3 Å². The number of thiocarbonyl (C=S) groups is 1. The summed E-state index contributed by atoms with van der Waals surface area (Å²) < 4.78 is 44.0. The second-order valence-corrected chi connectivity index (χ2v) is 6.54. The van der Waals surface area contributed by atoms with Crippen molar-refractivity contribution >= 4 is 34.4 Å². The van der Waals surface area contributed by atoms with Gasteiger partial charge >= 0.3 is 6.18 Å². The number of hydrazine groups is 1. The number of ether oxygens (including phenoxy) is 1. The number of para-hydroxylation sites is 1. The standard InChI is InChI=1S/C20H15F3N4O3S/c21-20(22,23)13-6-11-17(18(12-13)27(28)29)25-26-19(31)24-14-7-9-16(10-8-14)30-15-4-2-1-3-5-15/h1-12,25H,(H2,24,26,31). The summed E-state index contributed by atoms with van der Waals surface area (Å²) in [6.07, 6.45) is -4.69. The van der Waals surface area contributed by atoms with Crippen molar-refractivity contribution in [3.63, 3.8) is 0 Å². The van der Waals surface area contributed by atoms with E-state index < -0.39 is 22.4 Å². The number of alkyl halides is 3. The number of hydrogen-bond acceptors (Lipinski definition) is 5. The Morgan fingerprint density at radius 1 is 0.968 bits per heavy atom. The zero-order valence-electron chi connectivity index (χ0n) is 15.6. The molecule has 0 atom stereocenters. The Morgan fingerprint density at radius 3 is 2.23 bits per heavy atom. The molecule has 3 rings (SSSR count). The van der Waals surface area contributed by atoms with E-state index in [4.69, 9.17) is 17.0 Å². The molecule has 11 heteroatoms. The minimum atomic E-state index is -4.69. The molecule has 0 heterocycles. The third-order valence-corrected chi connectivity index (χ3v) is 4.13. The molecule has 0 spiro atoms. The van der Waals surface area contributed by atoms with Crippen LogP contribution >= 0.6 is 12.2 Å². The number of halogens is 3. The predicted octanol–water partition coefficient (Wildman–Crippen LogP) is 5.72. The average Bonchev–Trinajstić information content (AvgIpc) is 2.73. The van der Waals surface area contributed by atoms with E-state index in [1.807, 2.05) is 30.3 Å². The number of nitro groups is 1. The molecule has 0 saturated heterocycles. The smallest absolute Gasteiger partial charge is 0.416 e. The van der Waals surface area contributed by atoms with Crippen molar-refractivity contribution in [3.05, 3.63) is 88.5 Å². The number of benzene rings is 3. The topological polar surface area (TPSA) is 88.5 Å². The summed E-state index contributed by atoms with van der Waals surface area (Å²) in [6, 6.07) is 18.2. The molecule has 0 unspecified atom stereocenters. The first kappa shape index (κ1) is 21.8. The monoisotopic (exact) mass is 448 g/mol. The van der Waals surface area contributed by atoms with Crippen molar-refractivity contribution in [3.8, 4) is 11.5 Å². The highest BCUT2D eigenvalue weighted by Gasteiger charge is 2.33. The van der Waals surface area contributed by atoms with Crippen LogP contribution in [0.15, 0.2) is 72.8 Å². The third-order valence-electron chi connectivity index (χ3n) is 3.92. The largest absolute Gasteiger partial charge is 0.457 e. The van der Waals surface area contributed by atoms with Crippen molar-refractivity contribution in [2.75, 3.05) is 10.7 Å². The Kier molecular flexibility index (Phi) is 6.55. The molecule has 3 aromatic rings. The summed E-state index contributed by atoms with van der Waals surface area (Å²) in [4.78, 5) is 10.2. The number of rotatable bonds is 6. The van der Waals surface area contributed by atoms with Gasteiger partial charge in [-0.25, -0.2) is 0 Å². The van der Waals surface area contributed by atoms with Gasteiger partial charge in [0.15, 0.2) is 5.11 Å². The lowest BCUT2D eigenvalue weighted by Crippen LogP contribution is -2.33. The molecule has 3 N–H and O–H groups in total. The fourth-order valence-electron chi connectivity index (χ4n) is 2.48. The highest BCUT2D eigenvalue weighted by molar-refractivity contribution is 7.80. The SMILES string of the molecule is O=[N+]([O-])c1cc(C(F)(F)F)ccc1NNC(=S)Nc1ccc(Oc2ccccc2)cc1. The van der Waals surface area contributed by atoms with Gasteiger partial charge in [0.2, 0.25) is 0 Å². The summed E-state index contributed by atoms with van der Waals surface area (Å²) in [5.41, 5.74) is 3.52. The fourth-order valence-corrected chi connectivity index (χ4v) is 2.65. The molecule has 31 heavy (non-hydrogen) atoms. The Hall–Kier alpha value is -3.86. The number of nitrogens with zero attached hydrogens (tertiary/aromatic N) is 1. The second kappa shape index (κ2) is 9.30. The minimum Gasteiger partial charge on any atom is -0.457 e. The normalized spacial score (nSPS) is 10.8. The van der Waals surface area contributed by atoms with Crippen molar-refractivity contribution in [2.45, 2.75) is 6.18 Å². The molecular formula is C20H15F3N4O3S. The number of anilines is 2. The molecule has 0 fully saturated rings. The maximum absolute atomic E-state index is 12.8. The summed E-state index contributed by atoms with van der Waals surface area (Å²) in [7, 11) is 0. The summed E-state index contributed by atoms with van der Waals surface area (Å²) in [5.74, 6) is 1.29. The van der Waals surface area contributed by atoms with E-state index >= 15 is 0 Å². The Balaban J connectivity index is 1.59. The summed E-state index contributed by atoms with van der Waals surface area (Å²) in [5, 5.41) is 14.0. The first-order valence-electron chi connectivity index (χ1n) is 8.74. The number of nitro benzene ring substituents is 1. The van der Waals surface area contributed by atoms with E-state index in [9.17, 15) is 23.3 Å². The van der Waals surface area contributed by atoms with Crippen LogP contribution in [0.2, 0.25) is 0 Å². The van der Waals surface area contributed by atoms with E-state index in [0.29, 0.717) is 23.3 Å². The van der Waals surface area contributed by atoms with Crippen LogP contribution < -0.4 is 20.9 Å². The summed E-state index contributed by atoms with van der Waals surface area (Å²) >= 11 is 5.10. The van der Waals surface area contributed by atoms with Crippen LogP contribution in [0.1, 0.15) is 5.56 Å². The summed E-state index contributed by atoms with van der Waals surface area (Å²) in [6.45, 7) is 0. The lowest BCUT2D eigenvalue weighted by atomic mass is 10.1. The predicted molar refractivity (Wildman–Crippen MR) is 114 cm³/mol. The maximum Gasteiger partial charge on any atom is 0.416 e. The highest BCUT2D eigenvalue weighted by Crippen LogP contribution is 2.34.